The number of anilines is 1. The second kappa shape index (κ2) is 6.18. The number of likely N-dealkylation sites (N-methyl/N-ethyl adjacent to an activating group) is 1. The van der Waals surface area contributed by atoms with Crippen molar-refractivity contribution in [2.45, 2.75) is 0 Å². The highest BCUT2D eigenvalue weighted by Gasteiger charge is 2.20. The molecule has 21 heavy (non-hydrogen) atoms. The van der Waals surface area contributed by atoms with Crippen LogP contribution in [0.1, 0.15) is 0 Å². The summed E-state index contributed by atoms with van der Waals surface area (Å²) < 4.78 is 0. The van der Waals surface area contributed by atoms with Gasteiger partial charge in [0, 0.05) is 36.8 Å². The summed E-state index contributed by atoms with van der Waals surface area (Å²) in [7, 11) is 2.13. The Morgan fingerprint density at radius 1 is 1.14 bits per heavy atom. The number of hydrogen-bond donors (Lipinski definition) is 0. The van der Waals surface area contributed by atoms with Crippen LogP contribution >= 0.6 is 23.2 Å². The second-order valence-corrected chi connectivity index (χ2v) is 5.96. The van der Waals surface area contributed by atoms with Crippen molar-refractivity contribution >= 4 is 28.9 Å². The van der Waals surface area contributed by atoms with Crippen molar-refractivity contribution < 1.29 is 0 Å². The van der Waals surface area contributed by atoms with Crippen LogP contribution in [0.25, 0.3) is 11.3 Å². The van der Waals surface area contributed by atoms with E-state index in [1.165, 1.54) is 0 Å². The zero-order valence-electron chi connectivity index (χ0n) is 11.7. The lowest BCUT2D eigenvalue weighted by Gasteiger charge is -2.34. The monoisotopic (exact) mass is 321 g/mol. The molecule has 2 aromatic rings. The average molecular weight is 322 g/mol. The minimum atomic E-state index is 0.588. The molecule has 1 aliphatic heterocycles. The van der Waals surface area contributed by atoms with Gasteiger partial charge in [-0.2, -0.15) is 0 Å². The van der Waals surface area contributed by atoms with Gasteiger partial charge in [-0.05, 0) is 25.2 Å². The number of halogens is 2. The minimum Gasteiger partial charge on any atom is -0.366 e. The summed E-state index contributed by atoms with van der Waals surface area (Å²) in [4.78, 5) is 13.0. The molecule has 0 amide bonds. The maximum atomic E-state index is 6.31. The summed E-state index contributed by atoms with van der Waals surface area (Å²) in [6, 6.07) is 5.44. The van der Waals surface area contributed by atoms with E-state index in [2.05, 4.69) is 33.1 Å². The molecule has 4 nitrogen and oxygen atoms in total. The van der Waals surface area contributed by atoms with Crippen LogP contribution in [0.15, 0.2) is 24.4 Å². The first kappa shape index (κ1) is 14.6. The van der Waals surface area contributed by atoms with Gasteiger partial charge in [0.2, 0.25) is 0 Å². The summed E-state index contributed by atoms with van der Waals surface area (Å²) in [5, 5.41) is 1.20. The lowest BCUT2D eigenvalue weighted by molar-refractivity contribution is 0.313. The SMILES string of the molecule is CN1CCN(c2cn[c]nc2-c2ccc(Cl)cc2Cl)CC1. The Morgan fingerprint density at radius 3 is 2.62 bits per heavy atom. The van der Waals surface area contributed by atoms with E-state index in [1.807, 2.05) is 12.1 Å². The summed E-state index contributed by atoms with van der Waals surface area (Å²) in [5.74, 6) is 0. The summed E-state index contributed by atoms with van der Waals surface area (Å²) in [6.45, 7) is 3.93. The van der Waals surface area contributed by atoms with E-state index in [4.69, 9.17) is 23.2 Å². The molecule has 6 heteroatoms. The van der Waals surface area contributed by atoms with E-state index >= 15 is 0 Å². The van der Waals surface area contributed by atoms with Gasteiger partial charge in [0.1, 0.15) is 0 Å². The minimum absolute atomic E-state index is 0.588. The lowest BCUT2D eigenvalue weighted by Crippen LogP contribution is -2.44. The standard InChI is InChI=1S/C15H15Cl2N4/c1-20-4-6-21(7-5-20)14-9-18-10-19-15(14)12-3-2-11(16)8-13(12)17/h2-3,8-9H,4-7H2,1H3. The Kier molecular flexibility index (Phi) is 4.29. The molecule has 0 aliphatic carbocycles. The van der Waals surface area contributed by atoms with Gasteiger partial charge in [-0.3, -0.25) is 0 Å². The van der Waals surface area contributed by atoms with Crippen LogP contribution in [-0.4, -0.2) is 48.1 Å². The van der Waals surface area contributed by atoms with Crippen molar-refractivity contribution in [3.63, 3.8) is 0 Å². The smallest absolute Gasteiger partial charge is 0.198 e. The molecule has 2 heterocycles. The maximum Gasteiger partial charge on any atom is 0.198 e. The highest BCUT2D eigenvalue weighted by Crippen LogP contribution is 2.34. The van der Waals surface area contributed by atoms with E-state index in [0.717, 1.165) is 43.1 Å². The highest BCUT2D eigenvalue weighted by molar-refractivity contribution is 6.36. The Bertz CT molecular complexity index is 639. The molecule has 0 N–H and O–H groups in total. The van der Waals surface area contributed by atoms with Crippen molar-refractivity contribution in [3.05, 3.63) is 40.8 Å². The van der Waals surface area contributed by atoms with Crippen molar-refractivity contribution in [2.75, 3.05) is 38.1 Å². The van der Waals surface area contributed by atoms with Gasteiger partial charge in [-0.25, -0.2) is 9.97 Å². The number of hydrogen-bond acceptors (Lipinski definition) is 4. The lowest BCUT2D eigenvalue weighted by atomic mass is 10.1. The van der Waals surface area contributed by atoms with Gasteiger partial charge < -0.3 is 9.80 Å². The largest absolute Gasteiger partial charge is 0.366 e. The molecule has 0 spiro atoms. The molecule has 1 saturated heterocycles. The van der Waals surface area contributed by atoms with Gasteiger partial charge in [0.25, 0.3) is 0 Å². The third-order valence-corrected chi connectivity index (χ3v) is 4.23. The van der Waals surface area contributed by atoms with E-state index in [-0.39, 0.29) is 0 Å². The van der Waals surface area contributed by atoms with Crippen LogP contribution < -0.4 is 4.90 Å². The topological polar surface area (TPSA) is 32.3 Å². The Balaban J connectivity index is 1.99. The third-order valence-electron chi connectivity index (χ3n) is 3.68. The van der Waals surface area contributed by atoms with E-state index in [0.29, 0.717) is 10.0 Å². The van der Waals surface area contributed by atoms with Crippen molar-refractivity contribution in [1.29, 1.82) is 0 Å². The number of piperazine rings is 1. The van der Waals surface area contributed by atoms with E-state index < -0.39 is 0 Å². The Hall–Kier alpha value is -1.36. The number of nitrogens with zero attached hydrogens (tertiary/aromatic N) is 4. The number of benzene rings is 1. The van der Waals surface area contributed by atoms with Gasteiger partial charge in [-0.15, -0.1) is 0 Å². The molecule has 1 aromatic carbocycles. The zero-order valence-corrected chi connectivity index (χ0v) is 13.2. The van der Waals surface area contributed by atoms with Crippen LogP contribution in [0.2, 0.25) is 10.0 Å². The molecular formula is C15H15Cl2N4. The van der Waals surface area contributed by atoms with Crippen LogP contribution in [0.4, 0.5) is 5.69 Å². The summed E-state index contributed by atoms with van der Waals surface area (Å²) in [5.41, 5.74) is 2.65. The second-order valence-electron chi connectivity index (χ2n) is 5.12. The molecule has 1 fully saturated rings. The fraction of sp³-hybridized carbons (Fsp3) is 0.333. The Labute approximate surface area is 134 Å². The van der Waals surface area contributed by atoms with Gasteiger partial charge in [0.05, 0.1) is 22.6 Å². The third kappa shape index (κ3) is 3.12. The molecule has 0 unspecified atom stereocenters. The van der Waals surface area contributed by atoms with Crippen LogP contribution in [-0.2, 0) is 0 Å². The molecule has 109 valence electrons. The van der Waals surface area contributed by atoms with Gasteiger partial charge in [-0.1, -0.05) is 23.2 Å². The normalized spacial score (nSPS) is 16.2. The predicted molar refractivity (Wildman–Crippen MR) is 86.0 cm³/mol. The van der Waals surface area contributed by atoms with E-state index in [9.17, 15) is 0 Å². The first-order valence-electron chi connectivity index (χ1n) is 6.77. The molecule has 0 saturated carbocycles. The van der Waals surface area contributed by atoms with Crippen molar-refractivity contribution in [3.8, 4) is 11.3 Å². The molecule has 0 bridgehead atoms. The van der Waals surface area contributed by atoms with Crippen molar-refractivity contribution in [1.82, 2.24) is 14.9 Å². The first-order valence-corrected chi connectivity index (χ1v) is 7.53. The van der Waals surface area contributed by atoms with Crippen LogP contribution in [0.3, 0.4) is 0 Å². The number of rotatable bonds is 2. The Morgan fingerprint density at radius 2 is 1.90 bits per heavy atom. The fourth-order valence-electron chi connectivity index (χ4n) is 2.45. The molecule has 1 aliphatic rings. The summed E-state index contributed by atoms with van der Waals surface area (Å²) in [6.07, 6.45) is 4.47. The van der Waals surface area contributed by atoms with Crippen LogP contribution in [0.5, 0.6) is 0 Å². The molecule has 1 aromatic heterocycles. The quantitative estimate of drug-likeness (QED) is 0.851. The van der Waals surface area contributed by atoms with E-state index in [1.54, 1.807) is 12.3 Å². The van der Waals surface area contributed by atoms with Crippen molar-refractivity contribution in [2.24, 2.45) is 0 Å². The first-order chi connectivity index (χ1) is 10.1. The zero-order chi connectivity index (χ0) is 14.8. The molecule has 1 radical (unpaired) electrons. The predicted octanol–water partition coefficient (Wildman–Crippen LogP) is 3.00. The molecule has 3 rings (SSSR count). The maximum absolute atomic E-state index is 6.31. The highest BCUT2D eigenvalue weighted by atomic mass is 35.5. The molecular weight excluding hydrogens is 307 g/mol. The number of aromatic nitrogens is 2. The molecule has 0 atom stereocenters. The average Bonchev–Trinajstić information content (AvgIpc) is 2.48. The fourth-order valence-corrected chi connectivity index (χ4v) is 2.94. The summed E-state index contributed by atoms with van der Waals surface area (Å²) >= 11 is 12.3. The van der Waals surface area contributed by atoms with Crippen LogP contribution in [0, 0.1) is 6.33 Å². The van der Waals surface area contributed by atoms with Gasteiger partial charge in [0.15, 0.2) is 6.33 Å². The van der Waals surface area contributed by atoms with Gasteiger partial charge >= 0.3 is 0 Å².